The molecule has 0 saturated carbocycles. The fourth-order valence-corrected chi connectivity index (χ4v) is 5.21. The van der Waals surface area contributed by atoms with Crippen molar-refractivity contribution in [3.8, 4) is 17.0 Å². The smallest absolute Gasteiger partial charge is 0.306 e. The number of carbonyl (C=O) groups excluding carboxylic acids is 1. The van der Waals surface area contributed by atoms with Crippen LogP contribution in [0, 0.1) is 6.92 Å². The molecule has 5 rings (SSSR count). The number of piperazine rings is 1. The third-order valence-corrected chi connectivity index (χ3v) is 7.45. The van der Waals surface area contributed by atoms with Crippen LogP contribution in [0.3, 0.4) is 0 Å². The number of nitrogens with zero attached hydrogens (tertiary/aromatic N) is 5. The molecule has 0 radical (unpaired) electrons. The number of rotatable bonds is 9. The lowest BCUT2D eigenvalue weighted by molar-refractivity contribution is 0.102. The SMILES string of the molecule is Cc1ccc(NC(=O)c2ccccc2OS(C)(=O)=O)c(CN2CCN(C)CC2)c1Nc1nccc(-c2cccnc2)n1. The third-order valence-electron chi connectivity index (χ3n) is 6.97. The molecule has 1 aliphatic heterocycles. The van der Waals surface area contributed by atoms with Crippen LogP contribution >= 0.6 is 0 Å². The van der Waals surface area contributed by atoms with Crippen LogP contribution in [-0.2, 0) is 16.7 Å². The number of aryl methyl sites for hydroxylation is 1. The second kappa shape index (κ2) is 12.6. The van der Waals surface area contributed by atoms with Crippen molar-refractivity contribution in [1.29, 1.82) is 0 Å². The number of hydrogen-bond acceptors (Lipinski definition) is 10. The fourth-order valence-electron chi connectivity index (χ4n) is 4.74. The number of likely N-dealkylation sites (N-methyl/N-ethyl adjacent to an activating group) is 1. The first kappa shape index (κ1) is 29.1. The van der Waals surface area contributed by atoms with E-state index in [2.05, 4.69) is 37.4 Å². The predicted octanol–water partition coefficient (Wildman–Crippen LogP) is 3.93. The molecule has 1 aliphatic rings. The molecule has 1 fully saturated rings. The summed E-state index contributed by atoms with van der Waals surface area (Å²) in [5.41, 5.74) is 4.90. The van der Waals surface area contributed by atoms with Crippen LogP contribution in [0.1, 0.15) is 21.5 Å². The molecular formula is C30H33N7O4S. The molecule has 2 aromatic carbocycles. The number of carbonyl (C=O) groups is 1. The van der Waals surface area contributed by atoms with Crippen molar-refractivity contribution in [3.63, 3.8) is 0 Å². The van der Waals surface area contributed by atoms with Crippen molar-refractivity contribution in [2.24, 2.45) is 0 Å². The summed E-state index contributed by atoms with van der Waals surface area (Å²) in [5.74, 6) is -0.114. The first-order chi connectivity index (χ1) is 20.2. The zero-order valence-electron chi connectivity index (χ0n) is 23.7. The van der Waals surface area contributed by atoms with Crippen LogP contribution in [0.2, 0.25) is 0 Å². The Morgan fingerprint density at radius 1 is 1.00 bits per heavy atom. The Kier molecular flexibility index (Phi) is 8.76. The molecule has 0 aliphatic carbocycles. The summed E-state index contributed by atoms with van der Waals surface area (Å²) in [6.45, 7) is 6.16. The van der Waals surface area contributed by atoms with Gasteiger partial charge in [-0.05, 0) is 55.9 Å². The molecule has 11 nitrogen and oxygen atoms in total. The Morgan fingerprint density at radius 2 is 1.79 bits per heavy atom. The molecule has 1 amide bonds. The first-order valence-electron chi connectivity index (χ1n) is 13.5. The van der Waals surface area contributed by atoms with Crippen molar-refractivity contribution in [2.45, 2.75) is 13.5 Å². The molecule has 4 aromatic rings. The Hall–Kier alpha value is -4.39. The van der Waals surface area contributed by atoms with Gasteiger partial charge in [-0.25, -0.2) is 9.97 Å². The number of anilines is 3. The summed E-state index contributed by atoms with van der Waals surface area (Å²) < 4.78 is 28.7. The van der Waals surface area contributed by atoms with Gasteiger partial charge in [0.1, 0.15) is 0 Å². The molecule has 2 N–H and O–H groups in total. The van der Waals surface area contributed by atoms with E-state index in [4.69, 9.17) is 9.17 Å². The molecule has 0 unspecified atom stereocenters. The molecule has 2 aromatic heterocycles. The normalized spacial score (nSPS) is 14.4. The van der Waals surface area contributed by atoms with E-state index in [0.717, 1.165) is 60.5 Å². The number of benzene rings is 2. The van der Waals surface area contributed by atoms with E-state index in [1.807, 2.05) is 37.3 Å². The summed E-state index contributed by atoms with van der Waals surface area (Å²) in [6, 6.07) is 15.6. The van der Waals surface area contributed by atoms with E-state index < -0.39 is 16.0 Å². The van der Waals surface area contributed by atoms with Crippen molar-refractivity contribution in [2.75, 3.05) is 50.1 Å². The predicted molar refractivity (Wildman–Crippen MR) is 162 cm³/mol. The average Bonchev–Trinajstić information content (AvgIpc) is 2.97. The topological polar surface area (TPSA) is 130 Å². The van der Waals surface area contributed by atoms with Crippen LogP contribution in [0.15, 0.2) is 73.2 Å². The van der Waals surface area contributed by atoms with E-state index in [1.165, 1.54) is 12.1 Å². The van der Waals surface area contributed by atoms with E-state index >= 15 is 0 Å². The van der Waals surface area contributed by atoms with Gasteiger partial charge in [-0.2, -0.15) is 8.42 Å². The molecule has 42 heavy (non-hydrogen) atoms. The molecule has 1 saturated heterocycles. The van der Waals surface area contributed by atoms with Crippen molar-refractivity contribution < 1.29 is 17.4 Å². The minimum absolute atomic E-state index is 0.0378. The highest BCUT2D eigenvalue weighted by molar-refractivity contribution is 7.86. The number of pyridine rings is 1. The molecule has 12 heteroatoms. The number of aromatic nitrogens is 3. The van der Waals surface area contributed by atoms with Gasteiger partial charge in [-0.15, -0.1) is 0 Å². The maximum Gasteiger partial charge on any atom is 0.306 e. The highest BCUT2D eigenvalue weighted by atomic mass is 32.2. The highest BCUT2D eigenvalue weighted by Crippen LogP contribution is 2.33. The lowest BCUT2D eigenvalue weighted by Gasteiger charge is -2.33. The van der Waals surface area contributed by atoms with Crippen LogP contribution < -0.4 is 14.8 Å². The second-order valence-corrected chi connectivity index (χ2v) is 11.8. The minimum Gasteiger partial charge on any atom is -0.382 e. The third kappa shape index (κ3) is 7.27. The van der Waals surface area contributed by atoms with Gasteiger partial charge in [0.2, 0.25) is 5.95 Å². The molecule has 0 atom stereocenters. The van der Waals surface area contributed by atoms with Crippen LogP contribution in [0.4, 0.5) is 17.3 Å². The number of amides is 1. The van der Waals surface area contributed by atoms with E-state index in [0.29, 0.717) is 18.2 Å². The zero-order chi connectivity index (χ0) is 29.7. The molecule has 3 heterocycles. The highest BCUT2D eigenvalue weighted by Gasteiger charge is 2.22. The van der Waals surface area contributed by atoms with Crippen molar-refractivity contribution >= 4 is 33.3 Å². The Labute approximate surface area is 245 Å². The number of para-hydroxylation sites is 1. The summed E-state index contributed by atoms with van der Waals surface area (Å²) in [4.78, 5) is 31.5. The largest absolute Gasteiger partial charge is 0.382 e. The number of nitrogens with one attached hydrogen (secondary N) is 2. The van der Waals surface area contributed by atoms with E-state index in [1.54, 1.807) is 30.7 Å². The number of hydrogen-bond donors (Lipinski definition) is 2. The summed E-state index contributed by atoms with van der Waals surface area (Å²) in [6.07, 6.45) is 6.09. The van der Waals surface area contributed by atoms with Crippen LogP contribution in [0.5, 0.6) is 5.75 Å². The monoisotopic (exact) mass is 587 g/mol. The lowest BCUT2D eigenvalue weighted by Crippen LogP contribution is -2.44. The van der Waals surface area contributed by atoms with Crippen molar-refractivity contribution in [1.82, 2.24) is 24.8 Å². The van der Waals surface area contributed by atoms with Gasteiger partial charge in [0.25, 0.3) is 5.91 Å². The Balaban J connectivity index is 1.51. The summed E-state index contributed by atoms with van der Waals surface area (Å²) in [5, 5.41) is 6.41. The lowest BCUT2D eigenvalue weighted by atomic mass is 10.0. The molecule has 0 bridgehead atoms. The maximum atomic E-state index is 13.5. The maximum absolute atomic E-state index is 13.5. The summed E-state index contributed by atoms with van der Waals surface area (Å²) >= 11 is 0. The van der Waals surface area contributed by atoms with Crippen molar-refractivity contribution in [3.05, 3.63) is 89.9 Å². The van der Waals surface area contributed by atoms with Crippen LogP contribution in [0.25, 0.3) is 11.3 Å². The minimum atomic E-state index is -3.83. The Bertz CT molecular complexity index is 1670. The average molecular weight is 588 g/mol. The second-order valence-electron chi connectivity index (χ2n) is 10.2. The van der Waals surface area contributed by atoms with Gasteiger partial charge in [0, 0.05) is 68.1 Å². The van der Waals surface area contributed by atoms with Gasteiger partial charge in [0.05, 0.1) is 23.2 Å². The Morgan fingerprint density at radius 3 is 2.52 bits per heavy atom. The first-order valence-corrected chi connectivity index (χ1v) is 15.3. The van der Waals surface area contributed by atoms with Gasteiger partial charge in [0.15, 0.2) is 5.75 Å². The van der Waals surface area contributed by atoms with Gasteiger partial charge < -0.3 is 19.7 Å². The van der Waals surface area contributed by atoms with E-state index in [-0.39, 0.29) is 11.3 Å². The molecular weight excluding hydrogens is 554 g/mol. The standard InChI is InChI=1S/C30H33N7O4S/c1-21-10-11-26(33-29(38)23-8-4-5-9-27(23)41-42(3,39)40)24(20-37-17-15-36(2)16-18-37)28(21)35-30-32-14-12-25(34-30)22-7-6-13-31-19-22/h4-14,19H,15-18,20H2,1-3H3,(H,33,38)(H,32,34,35). The zero-order valence-corrected chi connectivity index (χ0v) is 24.6. The van der Waals surface area contributed by atoms with E-state index in [9.17, 15) is 13.2 Å². The summed E-state index contributed by atoms with van der Waals surface area (Å²) in [7, 11) is -1.72. The molecule has 218 valence electrons. The fraction of sp³-hybridized carbons (Fsp3) is 0.267. The van der Waals surface area contributed by atoms with Gasteiger partial charge >= 0.3 is 10.1 Å². The van der Waals surface area contributed by atoms with Gasteiger partial charge in [-0.1, -0.05) is 18.2 Å². The van der Waals surface area contributed by atoms with Gasteiger partial charge in [-0.3, -0.25) is 14.7 Å². The van der Waals surface area contributed by atoms with Crippen LogP contribution in [-0.4, -0.2) is 78.6 Å². The quantitative estimate of drug-likeness (QED) is 0.278. The molecule has 0 spiro atoms.